The van der Waals surface area contributed by atoms with Crippen molar-refractivity contribution in [3.8, 4) is 0 Å². The van der Waals surface area contributed by atoms with Crippen molar-refractivity contribution in [2.24, 2.45) is 0 Å². The predicted molar refractivity (Wildman–Crippen MR) is 351 cm³/mol. The minimum atomic E-state index is -2.61. The minimum Gasteiger partial charge on any atom is -0.373 e. The lowest BCUT2D eigenvalue weighted by atomic mass is 9.99. The molecule has 12 rings (SSSR count). The summed E-state index contributed by atoms with van der Waals surface area (Å²) in [7, 11) is 4.28. The molecule has 9 amide bonds. The lowest BCUT2D eigenvalue weighted by Gasteiger charge is -2.33. The van der Waals surface area contributed by atoms with Crippen LogP contribution in [0.2, 0.25) is 5.02 Å². The number of carbonyl (C=O) groups excluding carboxylic acids is 6. The number of urea groups is 3. The minimum absolute atomic E-state index is 0.110. The van der Waals surface area contributed by atoms with Gasteiger partial charge in [-0.3, -0.25) is 42.9 Å². The maximum atomic E-state index is 13.5. The molecule has 6 aliphatic heterocycles. The van der Waals surface area contributed by atoms with E-state index in [0.29, 0.717) is 70.1 Å². The predicted octanol–water partition coefficient (Wildman–Crippen LogP) is 10.2. The fourth-order valence-corrected chi connectivity index (χ4v) is 13.0. The summed E-state index contributed by atoms with van der Waals surface area (Å²) in [6.07, 6.45) is -8.66. The summed E-state index contributed by atoms with van der Waals surface area (Å²) in [6.45, 7) is 3.73. The monoisotopic (exact) mass is 1590 g/mol. The van der Waals surface area contributed by atoms with Crippen molar-refractivity contribution in [3.05, 3.63) is 137 Å². The van der Waals surface area contributed by atoms with Gasteiger partial charge in [-0.15, -0.1) is 0 Å². The van der Waals surface area contributed by atoms with E-state index in [-0.39, 0.29) is 108 Å². The second-order valence-corrected chi connectivity index (χ2v) is 26.6. The second kappa shape index (κ2) is 33.1. The van der Waals surface area contributed by atoms with Crippen LogP contribution in [0.15, 0.2) is 63.5 Å². The van der Waals surface area contributed by atoms with Crippen LogP contribution in [0.5, 0.6) is 0 Å². The highest BCUT2D eigenvalue weighted by atomic mass is 79.9. The van der Waals surface area contributed by atoms with E-state index in [1.165, 1.54) is 83.7 Å². The first-order valence-corrected chi connectivity index (χ1v) is 33.6. The highest BCUT2D eigenvalue weighted by Crippen LogP contribution is 2.34. The van der Waals surface area contributed by atoms with Crippen LogP contribution in [0.1, 0.15) is 86.0 Å². The molecule has 0 radical (unpaired) electrons. The molecule has 552 valence electrons. The summed E-state index contributed by atoms with van der Waals surface area (Å²) in [5.74, 6) is -2.87. The molecule has 3 N–H and O–H groups in total. The number of hydroxylamine groups is 6. The van der Waals surface area contributed by atoms with Crippen LogP contribution in [-0.4, -0.2) is 212 Å². The number of fused-ring (bicyclic) bond motifs is 9. The molecule has 0 aliphatic carbocycles. The Morgan fingerprint density at radius 3 is 1.06 bits per heavy atom. The van der Waals surface area contributed by atoms with Gasteiger partial charge in [-0.1, -0.05) is 11.6 Å². The van der Waals surface area contributed by atoms with Crippen LogP contribution in [0.25, 0.3) is 0 Å². The summed E-state index contributed by atoms with van der Waals surface area (Å²) in [6, 6.07) is 10.3. The zero-order valence-electron chi connectivity index (χ0n) is 55.3. The number of anilines is 3. The van der Waals surface area contributed by atoms with Crippen molar-refractivity contribution in [2.45, 2.75) is 135 Å². The third-order valence-corrected chi connectivity index (χ3v) is 18.4. The van der Waals surface area contributed by atoms with E-state index in [9.17, 15) is 68.3 Å². The van der Waals surface area contributed by atoms with E-state index in [4.69, 9.17) is 40.3 Å². The van der Waals surface area contributed by atoms with Gasteiger partial charge in [-0.05, 0) is 107 Å². The van der Waals surface area contributed by atoms with E-state index >= 15 is 0 Å². The Morgan fingerprint density at radius 2 is 0.784 bits per heavy atom. The number of rotatable bonds is 15. The van der Waals surface area contributed by atoms with Gasteiger partial charge < -0.3 is 44.9 Å². The molecule has 3 aromatic carbocycles. The highest BCUT2D eigenvalue weighted by Gasteiger charge is 2.42. The number of benzene rings is 3. The number of amides is 9. The molecule has 6 aromatic rings. The third kappa shape index (κ3) is 18.1. The number of aromatic nitrogens is 6. The molecule has 39 heteroatoms. The van der Waals surface area contributed by atoms with Gasteiger partial charge in [0.05, 0.1) is 90.1 Å². The van der Waals surface area contributed by atoms with Gasteiger partial charge in [-0.2, -0.15) is 15.3 Å². The molecule has 9 heterocycles. The van der Waals surface area contributed by atoms with Crippen molar-refractivity contribution in [1.82, 2.24) is 59.2 Å². The average molecular weight is 1590 g/mol. The Labute approximate surface area is 598 Å². The first kappa shape index (κ1) is 76.5. The molecule has 0 unspecified atom stereocenters. The number of alkyl halides is 6. The molecular formula is C63H69Br2ClF9N15O12. The van der Waals surface area contributed by atoms with Gasteiger partial charge in [0.15, 0.2) is 0 Å². The zero-order chi connectivity index (χ0) is 73.7. The van der Waals surface area contributed by atoms with E-state index in [0.717, 1.165) is 21.3 Å². The van der Waals surface area contributed by atoms with E-state index in [2.05, 4.69) is 63.1 Å². The fourth-order valence-electron chi connectivity index (χ4n) is 12.1. The molecule has 102 heavy (non-hydrogen) atoms. The van der Waals surface area contributed by atoms with Gasteiger partial charge in [0.2, 0.25) is 0 Å². The van der Waals surface area contributed by atoms with E-state index < -0.39 is 111 Å². The van der Waals surface area contributed by atoms with E-state index in [1.54, 1.807) is 14.7 Å². The molecule has 6 aliphatic rings. The molecular weight excluding hydrogens is 1530 g/mol. The lowest BCUT2D eigenvalue weighted by Crippen LogP contribution is -2.45. The first-order valence-electron chi connectivity index (χ1n) is 31.7. The summed E-state index contributed by atoms with van der Waals surface area (Å²) in [4.78, 5) is 99.4. The normalized spacial score (nSPS) is 20.3. The average Bonchev–Trinajstić information content (AvgIpc) is 1.62. The molecule has 0 fully saturated rings. The molecule has 6 atom stereocenters. The summed E-state index contributed by atoms with van der Waals surface area (Å²) >= 11 is 12.0. The standard InChI is InChI=1S/2C21H23BrF3N5O4.C21H23ClF3N5O4/c3*1-11-5-17-14(8-29(11)21(32)26-12-3-4-16(23)15(22)6-12)19-20(31)28(2)34-13(7-30(19)27-17)9-33-10-18(24)25/h3*3-4,6,11,13,18H,5,7-10H2,1-2H3,(H,26,32)/t11-,13+;2*11-,13-/m111/s1. The second-order valence-electron chi connectivity index (χ2n) is 24.5. The maximum absolute atomic E-state index is 13.5. The molecule has 3 aromatic heterocycles. The third-order valence-electron chi connectivity index (χ3n) is 16.9. The van der Waals surface area contributed by atoms with Crippen molar-refractivity contribution < 1.29 is 97.0 Å². The van der Waals surface area contributed by atoms with Crippen molar-refractivity contribution in [3.63, 3.8) is 0 Å². The fraction of sp³-hybridized carbons (Fsp3) is 0.476. The van der Waals surface area contributed by atoms with Crippen LogP contribution in [0.4, 0.5) is 71.0 Å². The van der Waals surface area contributed by atoms with Crippen LogP contribution < -0.4 is 16.0 Å². The van der Waals surface area contributed by atoms with E-state index in [1.807, 2.05) is 20.8 Å². The molecule has 0 spiro atoms. The number of halogens is 12. The topological polar surface area (TPSA) is 267 Å². The number of hydrogen-bond donors (Lipinski definition) is 3. The van der Waals surface area contributed by atoms with Gasteiger partial charge in [0, 0.05) is 92.3 Å². The van der Waals surface area contributed by atoms with Crippen molar-refractivity contribution in [2.75, 3.05) is 76.7 Å². The molecule has 0 bridgehead atoms. The van der Waals surface area contributed by atoms with Gasteiger partial charge >= 0.3 is 18.1 Å². The molecule has 0 saturated heterocycles. The van der Waals surface area contributed by atoms with Gasteiger partial charge in [0.25, 0.3) is 37.0 Å². The summed E-state index contributed by atoms with van der Waals surface area (Å²) in [5, 5.41) is 24.8. The Balaban J connectivity index is 0.000000165. The Hall–Kier alpha value is -8.11. The SMILES string of the molecule is C[C@@H]1Cc2nn3c(c2CN1C(=O)Nc1ccc(F)c(Br)c1)C(=O)N(C)O[C@@H](COCC(F)F)C3.C[C@@H]1Cc2nn3c(c2CN1C(=O)Nc1ccc(F)c(Br)c1)C(=O)N(C)O[C@H](COCC(F)F)C3.C[C@@H]1Cc2nn3c(c2CN1C(=O)Nc1ccc(F)c(Cl)c1)C(=O)N(C)O[C@@H](COCC(F)F)C3. The van der Waals surface area contributed by atoms with Crippen LogP contribution in [0.3, 0.4) is 0 Å². The largest absolute Gasteiger partial charge is 0.373 e. The number of nitrogens with zero attached hydrogens (tertiary/aromatic N) is 12. The van der Waals surface area contributed by atoms with Crippen molar-refractivity contribution in [1.29, 1.82) is 0 Å². The van der Waals surface area contributed by atoms with Crippen molar-refractivity contribution >= 4 is 96.3 Å². The summed E-state index contributed by atoms with van der Waals surface area (Å²) in [5.41, 5.74) is 5.83. The highest BCUT2D eigenvalue weighted by molar-refractivity contribution is 9.10. The zero-order valence-corrected chi connectivity index (χ0v) is 59.2. The van der Waals surface area contributed by atoms with Gasteiger partial charge in [-0.25, -0.2) is 69.1 Å². The number of carbonyl (C=O) groups is 6. The van der Waals surface area contributed by atoms with Crippen LogP contribution in [-0.2, 0) is 87.3 Å². The Bertz CT molecular complexity index is 3700. The molecule has 0 saturated carbocycles. The smallest absolute Gasteiger partial charge is 0.322 e. The number of hydrogen-bond acceptors (Lipinski definition) is 15. The summed E-state index contributed by atoms with van der Waals surface area (Å²) < 4.78 is 135. The van der Waals surface area contributed by atoms with Crippen LogP contribution >= 0.6 is 43.5 Å². The molecule has 27 nitrogen and oxygen atoms in total. The lowest BCUT2D eigenvalue weighted by molar-refractivity contribution is -0.169. The van der Waals surface area contributed by atoms with Gasteiger partial charge in [0.1, 0.15) is 72.7 Å². The Morgan fingerprint density at radius 1 is 0.500 bits per heavy atom. The quantitative estimate of drug-likeness (QED) is 0.0807. The first-order chi connectivity index (χ1) is 48.4. The number of ether oxygens (including phenoxy) is 3. The maximum Gasteiger partial charge on any atom is 0.322 e. The van der Waals surface area contributed by atoms with Crippen LogP contribution in [0, 0.1) is 17.5 Å². The number of nitrogens with one attached hydrogen (secondary N) is 3. The Kier molecular flexibility index (Phi) is 24.8.